The summed E-state index contributed by atoms with van der Waals surface area (Å²) in [5.74, 6) is 0.525. The number of benzene rings is 1. The van der Waals surface area contributed by atoms with E-state index in [9.17, 15) is 4.39 Å². The van der Waals surface area contributed by atoms with Crippen LogP contribution >= 0.6 is 15.9 Å². The second-order valence-electron chi connectivity index (χ2n) is 4.50. The van der Waals surface area contributed by atoms with E-state index in [0.29, 0.717) is 16.9 Å². The Morgan fingerprint density at radius 1 is 1.37 bits per heavy atom. The van der Waals surface area contributed by atoms with Gasteiger partial charge in [-0.05, 0) is 47.4 Å². The summed E-state index contributed by atoms with van der Waals surface area (Å²) in [5, 5.41) is 3.33. The first-order valence-corrected chi connectivity index (χ1v) is 7.15. The first-order chi connectivity index (χ1) is 9.15. The average molecular weight is 326 g/mol. The lowest BCUT2D eigenvalue weighted by Crippen LogP contribution is -2.24. The summed E-state index contributed by atoms with van der Waals surface area (Å²) in [7, 11) is 0. The Bertz CT molecular complexity index is 553. The molecule has 4 heteroatoms. The maximum absolute atomic E-state index is 14.3. The zero-order valence-electron chi connectivity index (χ0n) is 11.0. The van der Waals surface area contributed by atoms with Crippen molar-refractivity contribution in [2.24, 2.45) is 0 Å². The summed E-state index contributed by atoms with van der Waals surface area (Å²) in [6.07, 6.45) is 2.58. The van der Waals surface area contributed by atoms with Crippen LogP contribution in [0.2, 0.25) is 0 Å². The number of nitrogens with one attached hydrogen (secondary N) is 1. The van der Waals surface area contributed by atoms with E-state index in [1.807, 2.05) is 12.1 Å². The summed E-state index contributed by atoms with van der Waals surface area (Å²) in [5.41, 5.74) is 1.26. The molecule has 2 aromatic rings. The molecule has 0 aliphatic heterocycles. The standard InChI is InChI=1S/C15H17BrFNO/c1-3-8-18-14(15-12(16)7-9-19-15)11-6-4-5-10(2)13(11)17/h4-7,9,14,18H,3,8H2,1-2H3. The van der Waals surface area contributed by atoms with E-state index >= 15 is 0 Å². The number of rotatable bonds is 5. The molecule has 0 saturated carbocycles. The third-order valence-electron chi connectivity index (χ3n) is 3.04. The normalized spacial score (nSPS) is 12.6. The molecule has 2 nitrogen and oxygen atoms in total. The smallest absolute Gasteiger partial charge is 0.139 e. The summed E-state index contributed by atoms with van der Waals surface area (Å²) >= 11 is 3.44. The van der Waals surface area contributed by atoms with E-state index in [2.05, 4.69) is 28.2 Å². The van der Waals surface area contributed by atoms with Gasteiger partial charge in [0.25, 0.3) is 0 Å². The zero-order valence-corrected chi connectivity index (χ0v) is 12.6. The van der Waals surface area contributed by atoms with Crippen molar-refractivity contribution in [3.8, 4) is 0 Å². The van der Waals surface area contributed by atoms with Gasteiger partial charge in [-0.25, -0.2) is 4.39 Å². The second kappa shape index (κ2) is 6.35. The highest BCUT2D eigenvalue weighted by Gasteiger charge is 2.23. The molecular weight excluding hydrogens is 309 g/mol. The summed E-state index contributed by atoms with van der Waals surface area (Å²) < 4.78 is 20.7. The van der Waals surface area contributed by atoms with Crippen molar-refractivity contribution in [3.63, 3.8) is 0 Å². The predicted molar refractivity (Wildman–Crippen MR) is 77.7 cm³/mol. The molecule has 19 heavy (non-hydrogen) atoms. The van der Waals surface area contributed by atoms with Gasteiger partial charge in [0, 0.05) is 5.56 Å². The molecule has 0 aliphatic rings. The fourth-order valence-electron chi connectivity index (χ4n) is 2.04. The van der Waals surface area contributed by atoms with Gasteiger partial charge in [0.1, 0.15) is 11.6 Å². The number of hydrogen-bond donors (Lipinski definition) is 1. The van der Waals surface area contributed by atoms with Crippen LogP contribution in [0, 0.1) is 12.7 Å². The first kappa shape index (κ1) is 14.3. The van der Waals surface area contributed by atoms with Gasteiger partial charge < -0.3 is 9.73 Å². The molecule has 0 amide bonds. The monoisotopic (exact) mass is 325 g/mol. The SMILES string of the molecule is CCCNC(c1cccc(C)c1F)c1occc1Br. The van der Waals surface area contributed by atoms with Crippen LogP contribution in [-0.2, 0) is 0 Å². The Kier molecular flexibility index (Phi) is 4.77. The highest BCUT2D eigenvalue weighted by atomic mass is 79.9. The van der Waals surface area contributed by atoms with Crippen molar-refractivity contribution in [1.29, 1.82) is 0 Å². The molecule has 0 saturated heterocycles. The van der Waals surface area contributed by atoms with Gasteiger partial charge in [0.15, 0.2) is 0 Å². The Labute approximate surface area is 121 Å². The largest absolute Gasteiger partial charge is 0.466 e. The molecule has 102 valence electrons. The third kappa shape index (κ3) is 3.07. The lowest BCUT2D eigenvalue weighted by Gasteiger charge is -2.19. The van der Waals surface area contributed by atoms with E-state index in [1.54, 1.807) is 25.3 Å². The maximum Gasteiger partial charge on any atom is 0.139 e. The molecule has 1 aromatic heterocycles. The Morgan fingerprint density at radius 3 is 2.79 bits per heavy atom. The minimum absolute atomic E-state index is 0.181. The molecule has 1 aromatic carbocycles. The highest BCUT2D eigenvalue weighted by Crippen LogP contribution is 2.31. The molecule has 0 aliphatic carbocycles. The molecule has 0 bridgehead atoms. The van der Waals surface area contributed by atoms with Gasteiger partial charge in [-0.3, -0.25) is 0 Å². The minimum atomic E-state index is -0.274. The predicted octanol–water partition coefficient (Wildman–Crippen LogP) is 4.58. The number of aryl methyl sites for hydroxylation is 1. The lowest BCUT2D eigenvalue weighted by atomic mass is 10.0. The van der Waals surface area contributed by atoms with E-state index < -0.39 is 0 Å². The van der Waals surface area contributed by atoms with Crippen LogP contribution < -0.4 is 5.32 Å². The van der Waals surface area contributed by atoms with E-state index in [-0.39, 0.29) is 11.9 Å². The summed E-state index contributed by atoms with van der Waals surface area (Å²) in [4.78, 5) is 0. The number of furan rings is 1. The Hall–Kier alpha value is -1.13. The van der Waals surface area contributed by atoms with Gasteiger partial charge in [-0.2, -0.15) is 0 Å². The first-order valence-electron chi connectivity index (χ1n) is 6.36. The van der Waals surface area contributed by atoms with Crippen molar-refractivity contribution in [2.45, 2.75) is 26.3 Å². The Balaban J connectivity index is 2.43. The summed E-state index contributed by atoms with van der Waals surface area (Å²) in [6, 6.07) is 6.98. The molecule has 0 radical (unpaired) electrons. The van der Waals surface area contributed by atoms with Gasteiger partial charge in [0.2, 0.25) is 0 Å². The van der Waals surface area contributed by atoms with Crippen LogP contribution in [0.4, 0.5) is 4.39 Å². The summed E-state index contributed by atoms with van der Waals surface area (Å²) in [6.45, 7) is 4.64. The van der Waals surface area contributed by atoms with Gasteiger partial charge >= 0.3 is 0 Å². The van der Waals surface area contributed by atoms with Crippen molar-refractivity contribution in [3.05, 3.63) is 57.7 Å². The second-order valence-corrected chi connectivity index (χ2v) is 5.35. The van der Waals surface area contributed by atoms with Crippen LogP contribution in [0.5, 0.6) is 0 Å². The third-order valence-corrected chi connectivity index (χ3v) is 3.69. The molecule has 1 heterocycles. The lowest BCUT2D eigenvalue weighted by molar-refractivity contribution is 0.433. The quantitative estimate of drug-likeness (QED) is 0.870. The molecule has 1 unspecified atom stereocenters. The minimum Gasteiger partial charge on any atom is -0.466 e. The van der Waals surface area contributed by atoms with Crippen molar-refractivity contribution in [1.82, 2.24) is 5.32 Å². The number of halogens is 2. The average Bonchev–Trinajstić information content (AvgIpc) is 2.81. The number of hydrogen-bond acceptors (Lipinski definition) is 2. The van der Waals surface area contributed by atoms with E-state index in [4.69, 9.17) is 4.42 Å². The molecule has 0 fully saturated rings. The van der Waals surface area contributed by atoms with Crippen molar-refractivity contribution in [2.75, 3.05) is 6.54 Å². The van der Waals surface area contributed by atoms with Crippen LogP contribution in [0.25, 0.3) is 0 Å². The van der Waals surface area contributed by atoms with E-state index in [0.717, 1.165) is 17.4 Å². The molecule has 0 spiro atoms. The van der Waals surface area contributed by atoms with Gasteiger partial charge in [-0.1, -0.05) is 25.1 Å². The van der Waals surface area contributed by atoms with Crippen molar-refractivity contribution >= 4 is 15.9 Å². The maximum atomic E-state index is 14.3. The molecular formula is C15H17BrFNO. The fourth-order valence-corrected chi connectivity index (χ4v) is 2.47. The molecule has 1 atom stereocenters. The zero-order chi connectivity index (χ0) is 13.8. The molecule has 2 rings (SSSR count). The fraction of sp³-hybridized carbons (Fsp3) is 0.333. The van der Waals surface area contributed by atoms with Crippen LogP contribution in [-0.4, -0.2) is 6.54 Å². The van der Waals surface area contributed by atoms with Crippen LogP contribution in [0.15, 0.2) is 39.4 Å². The van der Waals surface area contributed by atoms with E-state index in [1.165, 1.54) is 0 Å². The van der Waals surface area contributed by atoms with Gasteiger partial charge in [0.05, 0.1) is 16.8 Å². The van der Waals surface area contributed by atoms with Crippen molar-refractivity contribution < 1.29 is 8.81 Å². The Morgan fingerprint density at radius 2 is 2.16 bits per heavy atom. The molecule has 1 N–H and O–H groups in total. The van der Waals surface area contributed by atoms with Crippen LogP contribution in [0.3, 0.4) is 0 Å². The highest BCUT2D eigenvalue weighted by molar-refractivity contribution is 9.10. The topological polar surface area (TPSA) is 25.2 Å². The van der Waals surface area contributed by atoms with Crippen LogP contribution in [0.1, 0.15) is 36.3 Å². The van der Waals surface area contributed by atoms with Gasteiger partial charge in [-0.15, -0.1) is 0 Å².